The fourth-order valence-electron chi connectivity index (χ4n) is 2.12. The Morgan fingerprint density at radius 2 is 1.57 bits per heavy atom. The summed E-state index contributed by atoms with van der Waals surface area (Å²) >= 11 is 0. The van der Waals surface area contributed by atoms with Crippen molar-refractivity contribution >= 4 is 17.6 Å². The van der Waals surface area contributed by atoms with Crippen molar-refractivity contribution in [2.45, 2.75) is 13.0 Å². The first-order valence-corrected chi connectivity index (χ1v) is 7.53. The maximum absolute atomic E-state index is 12.0. The molecule has 0 unspecified atom stereocenters. The monoisotopic (exact) mass is 311 g/mol. The number of anilines is 1. The summed E-state index contributed by atoms with van der Waals surface area (Å²) in [4.78, 5) is 25.4. The van der Waals surface area contributed by atoms with Crippen LogP contribution in [0.3, 0.4) is 0 Å². The van der Waals surface area contributed by atoms with Crippen LogP contribution in [0, 0.1) is 0 Å². The lowest BCUT2D eigenvalue weighted by molar-refractivity contribution is -0.130. The van der Waals surface area contributed by atoms with Crippen LogP contribution in [0.4, 0.5) is 10.5 Å². The third-order valence-corrected chi connectivity index (χ3v) is 3.34. The van der Waals surface area contributed by atoms with Gasteiger partial charge in [-0.15, -0.1) is 0 Å². The van der Waals surface area contributed by atoms with Gasteiger partial charge in [-0.1, -0.05) is 48.5 Å². The van der Waals surface area contributed by atoms with Crippen molar-refractivity contribution in [2.24, 2.45) is 0 Å². The molecule has 0 fully saturated rings. The second-order valence-electron chi connectivity index (χ2n) is 5.23. The first-order chi connectivity index (χ1) is 11.1. The van der Waals surface area contributed by atoms with Crippen molar-refractivity contribution in [2.75, 3.05) is 18.9 Å². The molecule has 0 aliphatic carbocycles. The Bertz CT molecular complexity index is 629. The lowest BCUT2D eigenvalue weighted by Gasteiger charge is -2.17. The molecule has 0 saturated heterocycles. The van der Waals surface area contributed by atoms with Gasteiger partial charge < -0.3 is 15.5 Å². The number of para-hydroxylation sites is 1. The van der Waals surface area contributed by atoms with Crippen molar-refractivity contribution in [1.29, 1.82) is 0 Å². The molecule has 2 N–H and O–H groups in total. The van der Waals surface area contributed by atoms with Gasteiger partial charge in [0, 0.05) is 32.2 Å². The van der Waals surface area contributed by atoms with Gasteiger partial charge in [0.2, 0.25) is 5.91 Å². The first-order valence-electron chi connectivity index (χ1n) is 7.53. The Morgan fingerprint density at radius 3 is 2.22 bits per heavy atom. The summed E-state index contributed by atoms with van der Waals surface area (Å²) in [6, 6.07) is 18.7. The summed E-state index contributed by atoms with van der Waals surface area (Å²) in [6.07, 6.45) is 0.269. The van der Waals surface area contributed by atoms with Crippen LogP contribution in [0.15, 0.2) is 60.7 Å². The maximum Gasteiger partial charge on any atom is 0.319 e. The maximum atomic E-state index is 12.0. The van der Waals surface area contributed by atoms with E-state index >= 15 is 0 Å². The number of rotatable bonds is 6. The SMILES string of the molecule is CN(Cc1ccccc1)C(=O)CCNC(=O)Nc1ccccc1. The van der Waals surface area contributed by atoms with Gasteiger partial charge in [0.25, 0.3) is 0 Å². The quantitative estimate of drug-likeness (QED) is 0.861. The molecule has 0 atom stereocenters. The first kappa shape index (κ1) is 16.5. The lowest BCUT2D eigenvalue weighted by atomic mass is 10.2. The van der Waals surface area contributed by atoms with E-state index in [1.165, 1.54) is 0 Å². The van der Waals surface area contributed by atoms with E-state index < -0.39 is 0 Å². The van der Waals surface area contributed by atoms with Crippen LogP contribution in [0.5, 0.6) is 0 Å². The van der Waals surface area contributed by atoms with Gasteiger partial charge in [-0.25, -0.2) is 4.79 Å². The number of urea groups is 1. The predicted octanol–water partition coefficient (Wildman–Crippen LogP) is 2.86. The van der Waals surface area contributed by atoms with Gasteiger partial charge in [0.1, 0.15) is 0 Å². The molecular formula is C18H21N3O2. The zero-order chi connectivity index (χ0) is 16.5. The Kier molecular flexibility index (Phi) is 6.17. The zero-order valence-electron chi connectivity index (χ0n) is 13.2. The molecule has 0 heterocycles. The summed E-state index contributed by atoms with van der Waals surface area (Å²) in [7, 11) is 1.76. The zero-order valence-corrected chi connectivity index (χ0v) is 13.2. The van der Waals surface area contributed by atoms with E-state index in [1.54, 1.807) is 24.1 Å². The normalized spacial score (nSPS) is 9.96. The van der Waals surface area contributed by atoms with Gasteiger partial charge in [-0.3, -0.25) is 4.79 Å². The molecule has 2 aromatic rings. The number of amides is 3. The number of benzene rings is 2. The summed E-state index contributed by atoms with van der Waals surface area (Å²) < 4.78 is 0. The smallest absolute Gasteiger partial charge is 0.319 e. The van der Waals surface area contributed by atoms with Crippen LogP contribution in [-0.4, -0.2) is 30.4 Å². The second kappa shape index (κ2) is 8.58. The topological polar surface area (TPSA) is 61.4 Å². The highest BCUT2D eigenvalue weighted by atomic mass is 16.2. The highest BCUT2D eigenvalue weighted by Crippen LogP contribution is 2.05. The fourth-order valence-corrected chi connectivity index (χ4v) is 2.12. The number of nitrogens with zero attached hydrogens (tertiary/aromatic N) is 1. The van der Waals surface area contributed by atoms with E-state index in [9.17, 15) is 9.59 Å². The average molecular weight is 311 g/mol. The minimum atomic E-state index is -0.310. The van der Waals surface area contributed by atoms with Gasteiger partial charge in [-0.2, -0.15) is 0 Å². The molecular weight excluding hydrogens is 290 g/mol. The molecule has 2 rings (SSSR count). The molecule has 0 saturated carbocycles. The molecule has 0 radical (unpaired) electrons. The van der Waals surface area contributed by atoms with Crippen LogP contribution in [0.2, 0.25) is 0 Å². The Morgan fingerprint density at radius 1 is 0.957 bits per heavy atom. The molecule has 0 spiro atoms. The summed E-state index contributed by atoms with van der Waals surface area (Å²) in [5, 5.41) is 5.39. The Balaban J connectivity index is 1.69. The third-order valence-electron chi connectivity index (χ3n) is 3.34. The van der Waals surface area contributed by atoms with Crippen LogP contribution < -0.4 is 10.6 Å². The van der Waals surface area contributed by atoms with E-state index in [0.717, 1.165) is 11.3 Å². The summed E-state index contributed by atoms with van der Waals surface area (Å²) in [6.45, 7) is 0.868. The number of carbonyl (C=O) groups is 2. The molecule has 5 nitrogen and oxygen atoms in total. The average Bonchev–Trinajstić information content (AvgIpc) is 2.56. The van der Waals surface area contributed by atoms with Crippen molar-refractivity contribution in [3.05, 3.63) is 66.2 Å². The molecule has 0 aromatic heterocycles. The fraction of sp³-hybridized carbons (Fsp3) is 0.222. The molecule has 0 aliphatic heterocycles. The number of hydrogen-bond donors (Lipinski definition) is 2. The largest absolute Gasteiger partial charge is 0.341 e. The molecule has 5 heteroatoms. The van der Waals surface area contributed by atoms with E-state index in [1.807, 2.05) is 48.5 Å². The highest BCUT2D eigenvalue weighted by Gasteiger charge is 2.09. The van der Waals surface area contributed by atoms with Crippen LogP contribution >= 0.6 is 0 Å². The molecule has 0 aliphatic rings. The molecule has 120 valence electrons. The van der Waals surface area contributed by atoms with Crippen LogP contribution in [0.25, 0.3) is 0 Å². The van der Waals surface area contributed by atoms with Crippen LogP contribution in [0.1, 0.15) is 12.0 Å². The van der Waals surface area contributed by atoms with Crippen molar-refractivity contribution < 1.29 is 9.59 Å². The number of carbonyl (C=O) groups excluding carboxylic acids is 2. The van der Waals surface area contributed by atoms with E-state index in [-0.39, 0.29) is 18.4 Å². The molecule has 3 amide bonds. The van der Waals surface area contributed by atoms with E-state index in [2.05, 4.69) is 10.6 Å². The minimum absolute atomic E-state index is 0.00568. The van der Waals surface area contributed by atoms with Crippen molar-refractivity contribution in [1.82, 2.24) is 10.2 Å². The minimum Gasteiger partial charge on any atom is -0.341 e. The Labute approximate surface area is 136 Å². The van der Waals surface area contributed by atoms with Crippen molar-refractivity contribution in [3.8, 4) is 0 Å². The van der Waals surface area contributed by atoms with Gasteiger partial charge in [0.05, 0.1) is 0 Å². The van der Waals surface area contributed by atoms with Gasteiger partial charge >= 0.3 is 6.03 Å². The van der Waals surface area contributed by atoms with Gasteiger partial charge in [0.15, 0.2) is 0 Å². The van der Waals surface area contributed by atoms with E-state index in [4.69, 9.17) is 0 Å². The lowest BCUT2D eigenvalue weighted by Crippen LogP contribution is -2.34. The van der Waals surface area contributed by atoms with Crippen molar-refractivity contribution in [3.63, 3.8) is 0 Å². The standard InChI is InChI=1S/C18H21N3O2/c1-21(14-15-8-4-2-5-9-15)17(22)12-13-19-18(23)20-16-10-6-3-7-11-16/h2-11H,12-14H2,1H3,(H2,19,20,23). The summed E-state index contributed by atoms with van der Waals surface area (Å²) in [5.74, 6) is -0.00568. The highest BCUT2D eigenvalue weighted by molar-refractivity contribution is 5.89. The predicted molar refractivity (Wildman–Crippen MR) is 91.0 cm³/mol. The number of hydrogen-bond acceptors (Lipinski definition) is 2. The van der Waals surface area contributed by atoms with Crippen LogP contribution in [-0.2, 0) is 11.3 Å². The Hall–Kier alpha value is -2.82. The van der Waals surface area contributed by atoms with E-state index in [0.29, 0.717) is 13.1 Å². The van der Waals surface area contributed by atoms with Gasteiger partial charge in [-0.05, 0) is 17.7 Å². The summed E-state index contributed by atoms with van der Waals surface area (Å²) in [5.41, 5.74) is 1.80. The second-order valence-corrected chi connectivity index (χ2v) is 5.23. The number of nitrogens with one attached hydrogen (secondary N) is 2. The third kappa shape index (κ3) is 5.82. The molecule has 23 heavy (non-hydrogen) atoms. The molecule has 0 bridgehead atoms. The molecule has 2 aromatic carbocycles.